The Balaban J connectivity index is 1.71. The van der Waals surface area contributed by atoms with E-state index < -0.39 is 5.97 Å². The number of carbonyl (C=O) groups excluding carboxylic acids is 1. The Kier molecular flexibility index (Phi) is 4.34. The summed E-state index contributed by atoms with van der Waals surface area (Å²) >= 11 is 1.30. The van der Waals surface area contributed by atoms with E-state index in [1.165, 1.54) is 11.3 Å². The smallest absolute Gasteiger partial charge is 0.309 e. The van der Waals surface area contributed by atoms with Gasteiger partial charge in [0, 0.05) is 16.5 Å². The van der Waals surface area contributed by atoms with Crippen molar-refractivity contribution < 1.29 is 14.7 Å². The van der Waals surface area contributed by atoms with Gasteiger partial charge in [-0.25, -0.2) is 4.98 Å². The van der Waals surface area contributed by atoms with E-state index in [2.05, 4.69) is 10.3 Å². The number of rotatable bonds is 5. The number of thiazole rings is 1. The number of carboxylic acid groups (broad SMARTS) is 1. The number of carbonyl (C=O) groups is 2. The number of aliphatic carboxylic acids is 1. The fourth-order valence-corrected chi connectivity index (χ4v) is 3.12. The van der Waals surface area contributed by atoms with Gasteiger partial charge in [0.2, 0.25) is 5.91 Å². The van der Waals surface area contributed by atoms with Crippen molar-refractivity contribution >= 4 is 39.7 Å². The number of nitrogens with zero attached hydrogens (tertiary/aromatic N) is 1. The fourth-order valence-electron chi connectivity index (χ4n) is 2.33. The van der Waals surface area contributed by atoms with Crippen molar-refractivity contribution in [1.82, 2.24) is 4.98 Å². The summed E-state index contributed by atoms with van der Waals surface area (Å²) in [5.74, 6) is -1.10. The number of benzene rings is 2. The van der Waals surface area contributed by atoms with Gasteiger partial charge in [-0.1, -0.05) is 36.4 Å². The molecule has 1 aromatic heterocycles. The highest BCUT2D eigenvalue weighted by Gasteiger charge is 2.11. The number of fused-ring (bicyclic) bond motifs is 1. The Labute approximate surface area is 136 Å². The van der Waals surface area contributed by atoms with Crippen molar-refractivity contribution in [2.45, 2.75) is 12.8 Å². The van der Waals surface area contributed by atoms with Gasteiger partial charge in [-0.05, 0) is 11.5 Å². The molecule has 0 spiro atoms. The molecule has 0 saturated carbocycles. The standard InChI is InChI=1S/C17H14N2O3S/c20-15(9-16-18-12(10-23-16)8-17(21)22)19-14-7-3-5-11-4-1-2-6-13(11)14/h1-7,10H,8-9H2,(H,19,20)(H,21,22). The van der Waals surface area contributed by atoms with Crippen molar-refractivity contribution in [2.24, 2.45) is 0 Å². The summed E-state index contributed by atoms with van der Waals surface area (Å²) in [6, 6.07) is 13.6. The van der Waals surface area contributed by atoms with Crippen molar-refractivity contribution in [3.05, 3.63) is 58.5 Å². The van der Waals surface area contributed by atoms with Crippen LogP contribution in [0.2, 0.25) is 0 Å². The number of anilines is 1. The summed E-state index contributed by atoms with van der Waals surface area (Å²) in [6.07, 6.45) is 0.00888. The highest BCUT2D eigenvalue weighted by atomic mass is 32.1. The average molecular weight is 326 g/mol. The molecule has 5 nitrogen and oxygen atoms in total. The van der Waals surface area contributed by atoms with Crippen LogP contribution in [-0.2, 0) is 22.4 Å². The molecule has 2 aromatic carbocycles. The Hall–Kier alpha value is -2.73. The predicted octanol–water partition coefficient (Wildman–Crippen LogP) is 3.10. The molecule has 0 fully saturated rings. The van der Waals surface area contributed by atoms with Gasteiger partial charge in [0.1, 0.15) is 5.01 Å². The number of hydrogen-bond donors (Lipinski definition) is 2. The maximum atomic E-state index is 12.2. The molecule has 3 rings (SSSR count). The SMILES string of the molecule is O=C(O)Cc1csc(CC(=O)Nc2cccc3ccccc23)n1. The maximum Gasteiger partial charge on any atom is 0.309 e. The molecule has 0 saturated heterocycles. The second kappa shape index (κ2) is 6.58. The number of aromatic nitrogens is 1. The molecule has 0 aliphatic carbocycles. The van der Waals surface area contributed by atoms with Crippen LogP contribution in [-0.4, -0.2) is 22.0 Å². The zero-order chi connectivity index (χ0) is 16.2. The summed E-state index contributed by atoms with van der Waals surface area (Å²) in [6.45, 7) is 0. The van der Waals surface area contributed by atoms with Crippen LogP contribution in [0.25, 0.3) is 10.8 Å². The highest BCUT2D eigenvalue weighted by molar-refractivity contribution is 7.09. The second-order valence-electron chi connectivity index (χ2n) is 5.05. The average Bonchev–Trinajstić information content (AvgIpc) is 2.93. The van der Waals surface area contributed by atoms with Crippen molar-refractivity contribution in [2.75, 3.05) is 5.32 Å². The van der Waals surface area contributed by atoms with E-state index in [0.29, 0.717) is 10.7 Å². The minimum atomic E-state index is -0.929. The Morgan fingerprint density at radius 3 is 2.70 bits per heavy atom. The van der Waals surface area contributed by atoms with E-state index >= 15 is 0 Å². The van der Waals surface area contributed by atoms with Crippen LogP contribution in [0.3, 0.4) is 0 Å². The summed E-state index contributed by atoms with van der Waals surface area (Å²) in [5.41, 5.74) is 1.24. The quantitative estimate of drug-likeness (QED) is 0.755. The van der Waals surface area contributed by atoms with Crippen LogP contribution in [0, 0.1) is 0 Å². The molecular weight excluding hydrogens is 312 g/mol. The first kappa shape index (κ1) is 15.2. The van der Waals surface area contributed by atoms with E-state index in [0.717, 1.165) is 16.5 Å². The van der Waals surface area contributed by atoms with Crippen molar-refractivity contribution in [3.8, 4) is 0 Å². The molecule has 1 amide bonds. The number of nitrogens with one attached hydrogen (secondary N) is 1. The number of amides is 1. The van der Waals surface area contributed by atoms with Crippen LogP contribution < -0.4 is 5.32 Å². The van der Waals surface area contributed by atoms with Gasteiger partial charge in [0.05, 0.1) is 18.5 Å². The highest BCUT2D eigenvalue weighted by Crippen LogP contribution is 2.23. The topological polar surface area (TPSA) is 79.3 Å². The third kappa shape index (κ3) is 3.73. The first-order valence-electron chi connectivity index (χ1n) is 7.04. The Morgan fingerprint density at radius 1 is 1.09 bits per heavy atom. The number of carboxylic acids is 1. The Bertz CT molecular complexity index is 868. The van der Waals surface area contributed by atoms with Gasteiger partial charge in [0.25, 0.3) is 0 Å². The second-order valence-corrected chi connectivity index (χ2v) is 6.00. The largest absolute Gasteiger partial charge is 0.481 e. The molecule has 0 unspecified atom stereocenters. The lowest BCUT2D eigenvalue weighted by Crippen LogP contribution is -2.14. The lowest BCUT2D eigenvalue weighted by atomic mass is 10.1. The Morgan fingerprint density at radius 2 is 1.87 bits per heavy atom. The summed E-state index contributed by atoms with van der Waals surface area (Å²) in [4.78, 5) is 27.0. The number of hydrogen-bond acceptors (Lipinski definition) is 4. The molecule has 0 bridgehead atoms. The van der Waals surface area contributed by atoms with Gasteiger partial charge < -0.3 is 10.4 Å². The zero-order valence-electron chi connectivity index (χ0n) is 12.2. The molecule has 0 radical (unpaired) electrons. The first-order chi connectivity index (χ1) is 11.1. The third-order valence-electron chi connectivity index (χ3n) is 3.31. The van der Waals surface area contributed by atoms with E-state index in [1.807, 2.05) is 42.5 Å². The lowest BCUT2D eigenvalue weighted by molar-refractivity contribution is -0.136. The van der Waals surface area contributed by atoms with Crippen molar-refractivity contribution in [1.29, 1.82) is 0 Å². The monoisotopic (exact) mass is 326 g/mol. The molecule has 3 aromatic rings. The molecule has 0 aliphatic rings. The molecule has 1 heterocycles. The van der Waals surface area contributed by atoms with E-state index in [4.69, 9.17) is 5.11 Å². The van der Waals surface area contributed by atoms with E-state index in [1.54, 1.807) is 5.38 Å². The third-order valence-corrected chi connectivity index (χ3v) is 4.20. The van der Waals surface area contributed by atoms with Crippen LogP contribution in [0.15, 0.2) is 47.8 Å². The molecule has 0 aliphatic heterocycles. The zero-order valence-corrected chi connectivity index (χ0v) is 13.0. The van der Waals surface area contributed by atoms with Gasteiger partial charge >= 0.3 is 5.97 Å². The van der Waals surface area contributed by atoms with Crippen LogP contribution >= 0.6 is 11.3 Å². The fraction of sp³-hybridized carbons (Fsp3) is 0.118. The molecule has 6 heteroatoms. The first-order valence-corrected chi connectivity index (χ1v) is 7.92. The van der Waals surface area contributed by atoms with Crippen molar-refractivity contribution in [3.63, 3.8) is 0 Å². The van der Waals surface area contributed by atoms with Gasteiger partial charge in [-0.3, -0.25) is 9.59 Å². The maximum absolute atomic E-state index is 12.2. The summed E-state index contributed by atoms with van der Waals surface area (Å²) < 4.78 is 0. The lowest BCUT2D eigenvalue weighted by Gasteiger charge is -2.07. The van der Waals surface area contributed by atoms with Crippen LogP contribution in [0.1, 0.15) is 10.7 Å². The van der Waals surface area contributed by atoms with E-state index in [9.17, 15) is 9.59 Å². The van der Waals surface area contributed by atoms with Gasteiger partial charge in [-0.15, -0.1) is 11.3 Å². The predicted molar refractivity (Wildman–Crippen MR) is 89.7 cm³/mol. The molecule has 116 valence electrons. The minimum Gasteiger partial charge on any atom is -0.481 e. The van der Waals surface area contributed by atoms with Gasteiger partial charge in [-0.2, -0.15) is 0 Å². The van der Waals surface area contributed by atoms with Crippen LogP contribution in [0.5, 0.6) is 0 Å². The molecular formula is C17H14N2O3S. The normalized spacial score (nSPS) is 10.6. The van der Waals surface area contributed by atoms with E-state index in [-0.39, 0.29) is 18.7 Å². The summed E-state index contributed by atoms with van der Waals surface area (Å²) in [7, 11) is 0. The molecule has 0 atom stereocenters. The van der Waals surface area contributed by atoms with Crippen LogP contribution in [0.4, 0.5) is 5.69 Å². The van der Waals surface area contributed by atoms with Gasteiger partial charge in [0.15, 0.2) is 0 Å². The minimum absolute atomic E-state index is 0.124. The molecule has 23 heavy (non-hydrogen) atoms. The molecule has 2 N–H and O–H groups in total. The summed E-state index contributed by atoms with van der Waals surface area (Å²) in [5, 5.41) is 16.0.